The predicted octanol–water partition coefficient (Wildman–Crippen LogP) is 1.90. The molecule has 0 aliphatic rings. The average Bonchev–Trinajstić information content (AvgIpc) is 2.57. The van der Waals surface area contributed by atoms with E-state index >= 15 is 0 Å². The first-order chi connectivity index (χ1) is 6.40. The third kappa shape index (κ3) is 1.54. The van der Waals surface area contributed by atoms with Crippen LogP contribution in [0.5, 0.6) is 0 Å². The van der Waals surface area contributed by atoms with E-state index in [4.69, 9.17) is 6.42 Å². The van der Waals surface area contributed by atoms with Gasteiger partial charge in [-0.25, -0.2) is 4.98 Å². The van der Waals surface area contributed by atoms with Crippen molar-refractivity contribution in [1.29, 1.82) is 0 Å². The third-order valence-corrected chi connectivity index (χ3v) is 1.94. The topological polar surface area (TPSA) is 17.3 Å². The molecule has 0 unspecified atom stereocenters. The van der Waals surface area contributed by atoms with Crippen molar-refractivity contribution >= 4 is 5.65 Å². The highest BCUT2D eigenvalue weighted by molar-refractivity contribution is 5.39. The SMILES string of the molecule is C#CCCc1cn2ccccc2n1. The maximum Gasteiger partial charge on any atom is 0.136 e. The molecule has 2 aromatic rings. The van der Waals surface area contributed by atoms with Gasteiger partial charge in [0.15, 0.2) is 0 Å². The highest BCUT2D eigenvalue weighted by atomic mass is 15.0. The van der Waals surface area contributed by atoms with Crippen LogP contribution in [0.15, 0.2) is 30.6 Å². The molecule has 0 saturated carbocycles. The summed E-state index contributed by atoms with van der Waals surface area (Å²) in [7, 11) is 0. The lowest BCUT2D eigenvalue weighted by atomic mass is 10.3. The Hall–Kier alpha value is -1.75. The summed E-state index contributed by atoms with van der Waals surface area (Å²) in [4.78, 5) is 4.42. The first-order valence-electron chi connectivity index (χ1n) is 4.26. The lowest BCUT2D eigenvalue weighted by Gasteiger charge is -1.86. The van der Waals surface area contributed by atoms with Gasteiger partial charge in [0.2, 0.25) is 0 Å². The smallest absolute Gasteiger partial charge is 0.136 e. The second-order valence-electron chi connectivity index (χ2n) is 2.90. The second kappa shape index (κ2) is 3.32. The van der Waals surface area contributed by atoms with E-state index in [2.05, 4.69) is 10.9 Å². The fourth-order valence-electron chi connectivity index (χ4n) is 1.31. The van der Waals surface area contributed by atoms with E-state index in [0.717, 1.165) is 24.2 Å². The zero-order valence-electron chi connectivity index (χ0n) is 7.27. The number of hydrogen-bond acceptors (Lipinski definition) is 1. The van der Waals surface area contributed by atoms with Gasteiger partial charge in [-0.15, -0.1) is 12.3 Å². The molecule has 2 heteroatoms. The Kier molecular flexibility index (Phi) is 2.01. The van der Waals surface area contributed by atoms with E-state index < -0.39 is 0 Å². The van der Waals surface area contributed by atoms with Crippen molar-refractivity contribution in [2.75, 3.05) is 0 Å². The standard InChI is InChI=1S/C11H10N2/c1-2-3-6-10-9-13-8-5-4-7-11(13)12-10/h1,4-5,7-9H,3,6H2. The molecule has 0 bridgehead atoms. The molecular weight excluding hydrogens is 160 g/mol. The van der Waals surface area contributed by atoms with Gasteiger partial charge in [-0.2, -0.15) is 0 Å². The van der Waals surface area contributed by atoms with Crippen LogP contribution in [0.2, 0.25) is 0 Å². The molecule has 2 heterocycles. The first-order valence-corrected chi connectivity index (χ1v) is 4.26. The van der Waals surface area contributed by atoms with Gasteiger partial charge >= 0.3 is 0 Å². The van der Waals surface area contributed by atoms with Gasteiger partial charge in [0.25, 0.3) is 0 Å². The molecule has 0 radical (unpaired) electrons. The molecule has 2 aromatic heterocycles. The molecule has 0 N–H and O–H groups in total. The van der Waals surface area contributed by atoms with Gasteiger partial charge in [-0.1, -0.05) is 6.07 Å². The number of rotatable bonds is 2. The largest absolute Gasteiger partial charge is 0.307 e. The Labute approximate surface area is 77.2 Å². The summed E-state index contributed by atoms with van der Waals surface area (Å²) in [5.74, 6) is 2.61. The average molecular weight is 170 g/mol. The maximum atomic E-state index is 5.19. The fourth-order valence-corrected chi connectivity index (χ4v) is 1.31. The molecular formula is C11H10N2. The molecule has 64 valence electrons. The Balaban J connectivity index is 2.34. The molecule has 0 spiro atoms. The lowest BCUT2D eigenvalue weighted by Crippen LogP contribution is -1.81. The Morgan fingerprint density at radius 2 is 2.38 bits per heavy atom. The normalized spacial score (nSPS) is 10.1. The molecule has 2 rings (SSSR count). The summed E-state index contributed by atoms with van der Waals surface area (Å²) < 4.78 is 2.01. The summed E-state index contributed by atoms with van der Waals surface area (Å²) in [6, 6.07) is 5.95. The molecule has 0 amide bonds. The summed E-state index contributed by atoms with van der Waals surface area (Å²) >= 11 is 0. The van der Waals surface area contributed by atoms with Crippen molar-refractivity contribution in [3.63, 3.8) is 0 Å². The van der Waals surface area contributed by atoms with Crippen LogP contribution >= 0.6 is 0 Å². The maximum absolute atomic E-state index is 5.19. The van der Waals surface area contributed by atoms with E-state index in [1.54, 1.807) is 0 Å². The van der Waals surface area contributed by atoms with Crippen LogP contribution < -0.4 is 0 Å². The zero-order chi connectivity index (χ0) is 9.10. The molecule has 2 nitrogen and oxygen atoms in total. The van der Waals surface area contributed by atoms with Crippen LogP contribution in [0.25, 0.3) is 5.65 Å². The van der Waals surface area contributed by atoms with Gasteiger partial charge in [0.1, 0.15) is 5.65 Å². The minimum absolute atomic E-state index is 0.754. The van der Waals surface area contributed by atoms with Gasteiger partial charge in [0, 0.05) is 25.2 Å². The zero-order valence-corrected chi connectivity index (χ0v) is 7.27. The number of aromatic nitrogens is 2. The highest BCUT2D eigenvalue weighted by Gasteiger charge is 1.98. The van der Waals surface area contributed by atoms with Crippen LogP contribution in [0.3, 0.4) is 0 Å². The first kappa shape index (κ1) is 7.88. The summed E-state index contributed by atoms with van der Waals surface area (Å²) in [5, 5.41) is 0. The number of nitrogens with zero attached hydrogens (tertiary/aromatic N) is 2. The van der Waals surface area contributed by atoms with Crippen molar-refractivity contribution in [2.24, 2.45) is 0 Å². The Bertz CT molecular complexity index is 415. The van der Waals surface area contributed by atoms with Gasteiger partial charge in [-0.05, 0) is 12.1 Å². The van der Waals surface area contributed by atoms with Crippen LogP contribution in [0, 0.1) is 12.3 Å². The van der Waals surface area contributed by atoms with E-state index in [0.29, 0.717) is 0 Å². The van der Waals surface area contributed by atoms with Crippen LogP contribution in [-0.4, -0.2) is 9.38 Å². The monoisotopic (exact) mass is 170 g/mol. The number of pyridine rings is 1. The minimum Gasteiger partial charge on any atom is -0.307 e. The Morgan fingerprint density at radius 1 is 1.46 bits per heavy atom. The summed E-state index contributed by atoms with van der Waals surface area (Å²) in [5.41, 5.74) is 2.04. The van der Waals surface area contributed by atoms with Gasteiger partial charge in [0.05, 0.1) is 5.69 Å². The van der Waals surface area contributed by atoms with Crippen molar-refractivity contribution in [2.45, 2.75) is 12.8 Å². The van der Waals surface area contributed by atoms with Crippen molar-refractivity contribution in [3.05, 3.63) is 36.3 Å². The van der Waals surface area contributed by atoms with Crippen LogP contribution in [0.4, 0.5) is 0 Å². The Morgan fingerprint density at radius 3 is 3.15 bits per heavy atom. The summed E-state index contributed by atoms with van der Waals surface area (Å²) in [6.07, 6.45) is 10.8. The van der Waals surface area contributed by atoms with Crippen molar-refractivity contribution in [3.8, 4) is 12.3 Å². The van der Waals surface area contributed by atoms with E-state index in [9.17, 15) is 0 Å². The lowest BCUT2D eigenvalue weighted by molar-refractivity contribution is 0.983. The molecule has 0 aliphatic heterocycles. The number of imidazole rings is 1. The number of hydrogen-bond donors (Lipinski definition) is 0. The van der Waals surface area contributed by atoms with E-state index in [-0.39, 0.29) is 0 Å². The number of aryl methyl sites for hydroxylation is 1. The predicted molar refractivity (Wildman–Crippen MR) is 52.3 cm³/mol. The number of terminal acetylenes is 1. The molecule has 0 fully saturated rings. The van der Waals surface area contributed by atoms with Crippen molar-refractivity contribution in [1.82, 2.24) is 9.38 Å². The van der Waals surface area contributed by atoms with E-state index in [1.165, 1.54) is 0 Å². The minimum atomic E-state index is 0.754. The quantitative estimate of drug-likeness (QED) is 0.629. The van der Waals surface area contributed by atoms with Crippen molar-refractivity contribution < 1.29 is 0 Å². The number of fused-ring (bicyclic) bond motifs is 1. The molecule has 0 aromatic carbocycles. The molecule has 0 saturated heterocycles. The fraction of sp³-hybridized carbons (Fsp3) is 0.182. The van der Waals surface area contributed by atoms with Crippen LogP contribution in [-0.2, 0) is 6.42 Å². The second-order valence-corrected chi connectivity index (χ2v) is 2.90. The van der Waals surface area contributed by atoms with Gasteiger partial charge in [-0.3, -0.25) is 0 Å². The highest BCUT2D eigenvalue weighted by Crippen LogP contribution is 2.05. The molecule has 0 aliphatic carbocycles. The molecule has 0 atom stereocenters. The summed E-state index contributed by atoms with van der Waals surface area (Å²) in [6.45, 7) is 0. The molecule has 13 heavy (non-hydrogen) atoms. The van der Waals surface area contributed by atoms with Gasteiger partial charge < -0.3 is 4.40 Å². The third-order valence-electron chi connectivity index (χ3n) is 1.94. The van der Waals surface area contributed by atoms with E-state index in [1.807, 2.05) is 35.0 Å². The van der Waals surface area contributed by atoms with Crippen LogP contribution in [0.1, 0.15) is 12.1 Å².